The summed E-state index contributed by atoms with van der Waals surface area (Å²) in [6.45, 7) is -0.906. The Balaban J connectivity index is 2.15. The van der Waals surface area contributed by atoms with E-state index < -0.39 is 6.55 Å². The van der Waals surface area contributed by atoms with E-state index in [9.17, 15) is 8.78 Å². The maximum atomic E-state index is 12.6. The zero-order valence-corrected chi connectivity index (χ0v) is 10.2. The fraction of sp³-hybridized carbons (Fsp3) is 0.231. The van der Waals surface area contributed by atoms with Crippen LogP contribution in [0.3, 0.4) is 0 Å². The highest BCUT2D eigenvalue weighted by atomic mass is 19.3. The molecule has 98 valence electrons. The van der Waals surface area contributed by atoms with Crippen molar-refractivity contribution in [3.8, 4) is 11.8 Å². The predicted octanol–water partition coefficient (Wildman–Crippen LogP) is 3.04. The smallest absolute Gasteiger partial charge is 0.320 e. The number of nitrogens with zero attached hydrogens (tertiary/aromatic N) is 3. The molecule has 1 heterocycles. The van der Waals surface area contributed by atoms with E-state index >= 15 is 0 Å². The minimum absolute atomic E-state index is 0.0763. The molecule has 0 fully saturated rings. The topological polar surface area (TPSA) is 50.8 Å². The number of aryl methyl sites for hydroxylation is 1. The molecule has 0 unspecified atom stereocenters. The van der Waals surface area contributed by atoms with Gasteiger partial charge in [-0.15, -0.1) is 0 Å². The third kappa shape index (κ3) is 2.88. The van der Waals surface area contributed by atoms with Crippen LogP contribution in [0.1, 0.15) is 23.5 Å². The van der Waals surface area contributed by atoms with Crippen LogP contribution in [0.2, 0.25) is 0 Å². The lowest BCUT2D eigenvalue weighted by Gasteiger charge is -2.10. The third-order valence-electron chi connectivity index (χ3n) is 2.63. The molecule has 0 spiro atoms. The van der Waals surface area contributed by atoms with E-state index in [1.807, 2.05) is 13.0 Å². The van der Waals surface area contributed by atoms with Gasteiger partial charge in [-0.05, 0) is 24.6 Å². The molecule has 0 atom stereocenters. The summed E-state index contributed by atoms with van der Waals surface area (Å²) in [5.41, 5.74) is 1.28. The van der Waals surface area contributed by atoms with Crippen molar-refractivity contribution in [1.82, 2.24) is 9.55 Å². The molecule has 0 amide bonds. The number of ether oxygens (including phenoxy) is 1. The number of alkyl halides is 2. The monoisotopic (exact) mass is 263 g/mol. The zero-order chi connectivity index (χ0) is 13.8. The Bertz CT molecular complexity index is 617. The van der Waals surface area contributed by atoms with Crippen LogP contribution in [0.4, 0.5) is 8.78 Å². The fourth-order valence-corrected chi connectivity index (χ4v) is 1.60. The summed E-state index contributed by atoms with van der Waals surface area (Å²) in [5, 5.41) is 8.80. The van der Waals surface area contributed by atoms with Crippen molar-refractivity contribution in [1.29, 1.82) is 5.26 Å². The third-order valence-corrected chi connectivity index (χ3v) is 2.63. The highest BCUT2D eigenvalue weighted by Gasteiger charge is 2.12. The van der Waals surface area contributed by atoms with Gasteiger partial charge in [0, 0.05) is 12.4 Å². The molecule has 0 aliphatic rings. The lowest BCUT2D eigenvalue weighted by molar-refractivity contribution is 0.0632. The summed E-state index contributed by atoms with van der Waals surface area (Å²) < 4.78 is 31.4. The minimum atomic E-state index is -2.65. The molecule has 1 aromatic carbocycles. The normalized spacial score (nSPS) is 10.5. The first-order valence-electron chi connectivity index (χ1n) is 5.55. The van der Waals surface area contributed by atoms with E-state index in [-0.39, 0.29) is 12.4 Å². The van der Waals surface area contributed by atoms with Crippen molar-refractivity contribution in [3.63, 3.8) is 0 Å². The van der Waals surface area contributed by atoms with E-state index in [0.717, 1.165) is 10.1 Å². The molecule has 0 bridgehead atoms. The highest BCUT2D eigenvalue weighted by molar-refractivity contribution is 5.41. The molecule has 6 heteroatoms. The first kappa shape index (κ1) is 13.0. The fourth-order valence-electron chi connectivity index (χ4n) is 1.60. The summed E-state index contributed by atoms with van der Waals surface area (Å²) in [6.07, 6.45) is 2.49. The second-order valence-corrected chi connectivity index (χ2v) is 3.91. The molecule has 19 heavy (non-hydrogen) atoms. The number of nitriles is 1. The molecule has 2 rings (SSSR count). The summed E-state index contributed by atoms with van der Waals surface area (Å²) in [5.74, 6) is 0.625. The number of rotatable bonds is 4. The maximum Gasteiger partial charge on any atom is 0.320 e. The molecule has 4 nitrogen and oxygen atoms in total. The molecule has 0 saturated heterocycles. The van der Waals surface area contributed by atoms with E-state index in [2.05, 4.69) is 4.98 Å². The van der Waals surface area contributed by atoms with Crippen molar-refractivity contribution in [2.24, 2.45) is 0 Å². The number of hydrogen-bond acceptors (Lipinski definition) is 3. The average molecular weight is 263 g/mol. The Labute approximate surface area is 108 Å². The van der Waals surface area contributed by atoms with Gasteiger partial charge in [0.2, 0.25) is 0 Å². The van der Waals surface area contributed by atoms with Crippen LogP contribution >= 0.6 is 0 Å². The number of halogens is 2. The van der Waals surface area contributed by atoms with Gasteiger partial charge in [-0.25, -0.2) is 4.98 Å². The van der Waals surface area contributed by atoms with E-state index in [0.29, 0.717) is 11.3 Å². The summed E-state index contributed by atoms with van der Waals surface area (Å²) in [6, 6.07) is 6.98. The lowest BCUT2D eigenvalue weighted by atomic mass is 10.1. The predicted molar refractivity (Wildman–Crippen MR) is 63.7 cm³/mol. The van der Waals surface area contributed by atoms with Gasteiger partial charge in [0.25, 0.3) is 0 Å². The van der Waals surface area contributed by atoms with Crippen LogP contribution in [0, 0.1) is 18.3 Å². The Hall–Kier alpha value is -2.42. The van der Waals surface area contributed by atoms with Gasteiger partial charge in [0.05, 0.1) is 11.6 Å². The van der Waals surface area contributed by atoms with Crippen molar-refractivity contribution in [2.45, 2.75) is 20.1 Å². The maximum absolute atomic E-state index is 12.6. The average Bonchev–Trinajstić information content (AvgIpc) is 2.86. The Morgan fingerprint density at radius 1 is 1.47 bits per heavy atom. The number of imidazole rings is 1. The van der Waals surface area contributed by atoms with Gasteiger partial charge in [-0.1, -0.05) is 6.07 Å². The van der Waals surface area contributed by atoms with Crippen LogP contribution < -0.4 is 4.74 Å². The first-order valence-corrected chi connectivity index (χ1v) is 5.55. The van der Waals surface area contributed by atoms with Gasteiger partial charge in [-0.2, -0.15) is 14.0 Å². The Kier molecular flexibility index (Phi) is 3.76. The second-order valence-electron chi connectivity index (χ2n) is 3.91. The SMILES string of the molecule is Cc1ccc(C#N)cc1OCc1nccn1C(F)F. The highest BCUT2D eigenvalue weighted by Crippen LogP contribution is 2.21. The standard InChI is InChI=1S/C13H11F2N3O/c1-9-2-3-10(7-16)6-11(9)19-8-12-17-4-5-18(12)13(14)15/h2-6,13H,8H2,1H3. The molecule has 0 aliphatic carbocycles. The number of benzene rings is 1. The van der Waals surface area contributed by atoms with Crippen LogP contribution in [-0.4, -0.2) is 9.55 Å². The number of hydrogen-bond donors (Lipinski definition) is 0. The van der Waals surface area contributed by atoms with Gasteiger partial charge in [0.1, 0.15) is 12.4 Å². The van der Waals surface area contributed by atoms with Gasteiger partial charge < -0.3 is 4.74 Å². The summed E-state index contributed by atoms with van der Waals surface area (Å²) >= 11 is 0. The van der Waals surface area contributed by atoms with Gasteiger partial charge in [-0.3, -0.25) is 4.57 Å². The van der Waals surface area contributed by atoms with Crippen molar-refractivity contribution in [3.05, 3.63) is 47.5 Å². The molecule has 2 aromatic rings. The number of aromatic nitrogens is 2. The Morgan fingerprint density at radius 2 is 2.26 bits per heavy atom. The van der Waals surface area contributed by atoms with Gasteiger partial charge >= 0.3 is 6.55 Å². The molecular formula is C13H11F2N3O. The molecule has 0 radical (unpaired) electrons. The second kappa shape index (κ2) is 5.48. The van der Waals surface area contributed by atoms with E-state index in [1.54, 1.807) is 18.2 Å². The van der Waals surface area contributed by atoms with E-state index in [4.69, 9.17) is 10.00 Å². The molecule has 1 aromatic heterocycles. The van der Waals surface area contributed by atoms with Crippen LogP contribution in [0.25, 0.3) is 0 Å². The first-order chi connectivity index (χ1) is 9.11. The molecule has 0 aliphatic heterocycles. The molecular weight excluding hydrogens is 252 g/mol. The molecule has 0 saturated carbocycles. The van der Waals surface area contributed by atoms with Crippen LogP contribution in [0.5, 0.6) is 5.75 Å². The van der Waals surface area contributed by atoms with E-state index in [1.165, 1.54) is 12.4 Å². The van der Waals surface area contributed by atoms with Crippen molar-refractivity contribution >= 4 is 0 Å². The van der Waals surface area contributed by atoms with Crippen molar-refractivity contribution < 1.29 is 13.5 Å². The molecule has 0 N–H and O–H groups in total. The zero-order valence-electron chi connectivity index (χ0n) is 10.2. The van der Waals surface area contributed by atoms with Crippen LogP contribution in [-0.2, 0) is 6.61 Å². The van der Waals surface area contributed by atoms with Crippen molar-refractivity contribution in [2.75, 3.05) is 0 Å². The Morgan fingerprint density at radius 3 is 2.95 bits per heavy atom. The quantitative estimate of drug-likeness (QED) is 0.851. The van der Waals surface area contributed by atoms with Crippen LogP contribution in [0.15, 0.2) is 30.6 Å². The summed E-state index contributed by atoms with van der Waals surface area (Å²) in [7, 11) is 0. The lowest BCUT2D eigenvalue weighted by Crippen LogP contribution is -2.07. The van der Waals surface area contributed by atoms with Gasteiger partial charge in [0.15, 0.2) is 5.82 Å². The largest absolute Gasteiger partial charge is 0.485 e. The summed E-state index contributed by atoms with van der Waals surface area (Å²) in [4.78, 5) is 3.82. The minimum Gasteiger partial charge on any atom is -0.485 e.